The van der Waals surface area contributed by atoms with Crippen molar-refractivity contribution in [2.24, 2.45) is 0 Å². The quantitative estimate of drug-likeness (QED) is 0.736. The molecule has 0 bridgehead atoms. The molecule has 5 heteroatoms. The van der Waals surface area contributed by atoms with E-state index in [2.05, 4.69) is 46.3 Å². The molecule has 1 saturated heterocycles. The number of nitrogens with zero attached hydrogens (tertiary/aromatic N) is 2. The molecule has 1 fully saturated rings. The predicted molar refractivity (Wildman–Crippen MR) is 115 cm³/mol. The lowest BCUT2D eigenvalue weighted by Gasteiger charge is -2.34. The molecule has 1 aliphatic rings. The van der Waals surface area contributed by atoms with Gasteiger partial charge in [-0.25, -0.2) is 4.39 Å². The Labute approximate surface area is 173 Å². The second kappa shape index (κ2) is 10.5. The molecule has 1 N–H and O–H groups in total. The van der Waals surface area contributed by atoms with Crippen LogP contribution in [0, 0.1) is 5.82 Å². The molecule has 0 saturated carbocycles. The monoisotopic (exact) mass is 397 g/mol. The third-order valence-electron chi connectivity index (χ3n) is 5.52. The molecule has 3 rings (SSSR count). The van der Waals surface area contributed by atoms with Crippen LogP contribution in [0.15, 0.2) is 48.5 Å². The Morgan fingerprint density at radius 2 is 1.72 bits per heavy atom. The van der Waals surface area contributed by atoms with E-state index in [-0.39, 0.29) is 17.8 Å². The number of piperazine rings is 1. The van der Waals surface area contributed by atoms with Gasteiger partial charge in [-0.3, -0.25) is 14.6 Å². The van der Waals surface area contributed by atoms with Crippen LogP contribution >= 0.6 is 0 Å². The van der Waals surface area contributed by atoms with Crippen LogP contribution in [-0.4, -0.2) is 48.4 Å². The number of benzene rings is 2. The second-order valence-electron chi connectivity index (χ2n) is 7.96. The highest BCUT2D eigenvalue weighted by molar-refractivity contribution is 5.78. The first-order valence-electron chi connectivity index (χ1n) is 10.6. The standard InChI is InChI=1S/C24H32FN3O/c1-3-5-20-8-10-22(11-9-20)19(2)26-24(29)18-28-14-12-27(13-15-28)17-21-6-4-7-23(25)16-21/h4,6-11,16,19H,3,5,12-15,17-18H2,1-2H3,(H,26,29)/t19-/m0/s1. The summed E-state index contributed by atoms with van der Waals surface area (Å²) in [5.41, 5.74) is 3.47. The lowest BCUT2D eigenvalue weighted by Crippen LogP contribution is -2.49. The van der Waals surface area contributed by atoms with Gasteiger partial charge in [0, 0.05) is 32.7 Å². The minimum atomic E-state index is -0.188. The molecule has 0 radical (unpaired) electrons. The van der Waals surface area contributed by atoms with E-state index in [9.17, 15) is 9.18 Å². The topological polar surface area (TPSA) is 35.6 Å². The summed E-state index contributed by atoms with van der Waals surface area (Å²) in [4.78, 5) is 17.0. The Hall–Kier alpha value is -2.24. The minimum Gasteiger partial charge on any atom is -0.348 e. The Bertz CT molecular complexity index is 785. The van der Waals surface area contributed by atoms with Gasteiger partial charge >= 0.3 is 0 Å². The highest BCUT2D eigenvalue weighted by atomic mass is 19.1. The molecule has 0 unspecified atom stereocenters. The molecule has 4 nitrogen and oxygen atoms in total. The number of hydrogen-bond donors (Lipinski definition) is 1. The molecule has 29 heavy (non-hydrogen) atoms. The first kappa shape index (κ1) is 21.5. The molecule has 0 aliphatic carbocycles. The number of aryl methyl sites for hydroxylation is 1. The maximum atomic E-state index is 13.3. The van der Waals surface area contributed by atoms with E-state index in [0.29, 0.717) is 6.54 Å². The molecule has 0 spiro atoms. The van der Waals surface area contributed by atoms with E-state index in [1.165, 1.54) is 11.6 Å². The molecule has 0 aromatic heterocycles. The fourth-order valence-corrected chi connectivity index (χ4v) is 3.83. The Kier molecular flexibility index (Phi) is 7.78. The summed E-state index contributed by atoms with van der Waals surface area (Å²) in [6.07, 6.45) is 2.23. The van der Waals surface area contributed by atoms with E-state index in [1.54, 1.807) is 12.1 Å². The highest BCUT2D eigenvalue weighted by Crippen LogP contribution is 2.15. The van der Waals surface area contributed by atoms with Crippen molar-refractivity contribution in [1.82, 2.24) is 15.1 Å². The summed E-state index contributed by atoms with van der Waals surface area (Å²) in [5.74, 6) is -0.124. The Morgan fingerprint density at radius 3 is 2.38 bits per heavy atom. The van der Waals surface area contributed by atoms with Crippen molar-refractivity contribution in [3.05, 3.63) is 71.0 Å². The van der Waals surface area contributed by atoms with E-state index in [1.807, 2.05) is 13.0 Å². The summed E-state index contributed by atoms with van der Waals surface area (Å²) in [7, 11) is 0. The highest BCUT2D eigenvalue weighted by Gasteiger charge is 2.20. The van der Waals surface area contributed by atoms with Gasteiger partial charge in [0.2, 0.25) is 5.91 Å². The van der Waals surface area contributed by atoms with Gasteiger partial charge in [0.25, 0.3) is 0 Å². The van der Waals surface area contributed by atoms with E-state index in [4.69, 9.17) is 0 Å². The number of hydrogen-bond acceptors (Lipinski definition) is 3. The van der Waals surface area contributed by atoms with Crippen molar-refractivity contribution in [3.63, 3.8) is 0 Å². The summed E-state index contributed by atoms with van der Waals surface area (Å²) in [5, 5.41) is 3.12. The maximum Gasteiger partial charge on any atom is 0.234 e. The molecule has 2 aromatic rings. The Morgan fingerprint density at radius 1 is 1.03 bits per heavy atom. The Balaban J connectivity index is 1.41. The van der Waals surface area contributed by atoms with Crippen LogP contribution in [0.4, 0.5) is 4.39 Å². The van der Waals surface area contributed by atoms with Gasteiger partial charge in [-0.05, 0) is 42.2 Å². The molecular formula is C24H32FN3O. The van der Waals surface area contributed by atoms with Gasteiger partial charge in [-0.1, -0.05) is 49.7 Å². The van der Waals surface area contributed by atoms with Crippen LogP contribution < -0.4 is 5.32 Å². The molecule has 1 amide bonds. The summed E-state index contributed by atoms with van der Waals surface area (Å²) in [6.45, 7) is 8.86. The molecule has 1 heterocycles. The van der Waals surface area contributed by atoms with Crippen molar-refractivity contribution in [2.45, 2.75) is 39.3 Å². The third kappa shape index (κ3) is 6.65. The van der Waals surface area contributed by atoms with Gasteiger partial charge in [0.1, 0.15) is 5.82 Å². The number of carbonyl (C=O) groups is 1. The van der Waals surface area contributed by atoms with Crippen LogP contribution in [0.3, 0.4) is 0 Å². The first-order valence-corrected chi connectivity index (χ1v) is 10.6. The summed E-state index contributed by atoms with van der Waals surface area (Å²) >= 11 is 0. The fraction of sp³-hybridized carbons (Fsp3) is 0.458. The van der Waals surface area contributed by atoms with Gasteiger partial charge in [0.05, 0.1) is 12.6 Å². The zero-order valence-corrected chi connectivity index (χ0v) is 17.5. The van der Waals surface area contributed by atoms with Crippen molar-refractivity contribution < 1.29 is 9.18 Å². The lowest BCUT2D eigenvalue weighted by atomic mass is 10.0. The van der Waals surface area contributed by atoms with Gasteiger partial charge < -0.3 is 5.32 Å². The van der Waals surface area contributed by atoms with Crippen LogP contribution in [0.1, 0.15) is 43.0 Å². The number of nitrogens with one attached hydrogen (secondary N) is 1. The largest absolute Gasteiger partial charge is 0.348 e. The lowest BCUT2D eigenvalue weighted by molar-refractivity contribution is -0.123. The third-order valence-corrected chi connectivity index (χ3v) is 5.52. The van der Waals surface area contributed by atoms with Crippen molar-refractivity contribution in [3.8, 4) is 0 Å². The van der Waals surface area contributed by atoms with Crippen molar-refractivity contribution in [1.29, 1.82) is 0 Å². The van der Waals surface area contributed by atoms with Crippen LogP contribution in [0.2, 0.25) is 0 Å². The second-order valence-corrected chi connectivity index (χ2v) is 7.96. The molecule has 1 aliphatic heterocycles. The minimum absolute atomic E-state index is 0.00689. The van der Waals surface area contributed by atoms with E-state index >= 15 is 0 Å². The first-order chi connectivity index (χ1) is 14.0. The van der Waals surface area contributed by atoms with Crippen LogP contribution in [0.25, 0.3) is 0 Å². The normalized spacial score (nSPS) is 16.5. The predicted octanol–water partition coefficient (Wildman–Crippen LogP) is 3.77. The van der Waals surface area contributed by atoms with Gasteiger partial charge in [-0.2, -0.15) is 0 Å². The van der Waals surface area contributed by atoms with Crippen molar-refractivity contribution >= 4 is 5.91 Å². The van der Waals surface area contributed by atoms with E-state index in [0.717, 1.165) is 56.7 Å². The number of carbonyl (C=O) groups excluding carboxylic acids is 1. The van der Waals surface area contributed by atoms with E-state index < -0.39 is 0 Å². The number of rotatable bonds is 8. The van der Waals surface area contributed by atoms with Gasteiger partial charge in [-0.15, -0.1) is 0 Å². The fourth-order valence-electron chi connectivity index (χ4n) is 3.83. The molecular weight excluding hydrogens is 365 g/mol. The number of halogens is 1. The number of amides is 1. The van der Waals surface area contributed by atoms with Crippen molar-refractivity contribution in [2.75, 3.05) is 32.7 Å². The van der Waals surface area contributed by atoms with Crippen LogP contribution in [-0.2, 0) is 17.8 Å². The SMILES string of the molecule is CCCc1ccc([C@H](C)NC(=O)CN2CCN(Cc3cccc(F)c3)CC2)cc1. The smallest absolute Gasteiger partial charge is 0.234 e. The summed E-state index contributed by atoms with van der Waals surface area (Å²) < 4.78 is 13.3. The maximum absolute atomic E-state index is 13.3. The zero-order valence-electron chi connectivity index (χ0n) is 17.5. The molecule has 1 atom stereocenters. The molecule has 2 aromatic carbocycles. The van der Waals surface area contributed by atoms with Gasteiger partial charge in [0.15, 0.2) is 0 Å². The van der Waals surface area contributed by atoms with Crippen LogP contribution in [0.5, 0.6) is 0 Å². The average Bonchev–Trinajstić information content (AvgIpc) is 2.70. The average molecular weight is 398 g/mol. The summed E-state index contributed by atoms with van der Waals surface area (Å²) in [6, 6.07) is 15.3. The zero-order chi connectivity index (χ0) is 20.6. The molecule has 156 valence electrons.